The Morgan fingerprint density at radius 2 is 2.32 bits per heavy atom. The van der Waals surface area contributed by atoms with E-state index in [1.165, 1.54) is 17.1 Å². The first-order valence-corrected chi connectivity index (χ1v) is 8.19. The molecule has 2 unspecified atom stereocenters. The van der Waals surface area contributed by atoms with Crippen LogP contribution >= 0.6 is 11.3 Å². The second-order valence-electron chi connectivity index (χ2n) is 6.48. The SMILES string of the molecule is CCC(C)C1CNC(C)(C)CN1Cc1csc(C)n1. The van der Waals surface area contributed by atoms with E-state index in [2.05, 4.69) is 55.2 Å². The fourth-order valence-electron chi connectivity index (χ4n) is 2.89. The summed E-state index contributed by atoms with van der Waals surface area (Å²) in [5.74, 6) is 0.725. The van der Waals surface area contributed by atoms with Crippen LogP contribution < -0.4 is 5.32 Å². The zero-order valence-corrected chi connectivity index (χ0v) is 13.7. The van der Waals surface area contributed by atoms with Crippen molar-refractivity contribution in [2.75, 3.05) is 13.1 Å². The van der Waals surface area contributed by atoms with Crippen molar-refractivity contribution in [3.05, 3.63) is 16.1 Å². The zero-order chi connectivity index (χ0) is 14.0. The highest BCUT2D eigenvalue weighted by molar-refractivity contribution is 7.09. The van der Waals surface area contributed by atoms with Crippen LogP contribution in [0.2, 0.25) is 0 Å². The maximum Gasteiger partial charge on any atom is 0.0897 e. The van der Waals surface area contributed by atoms with Crippen molar-refractivity contribution in [3.63, 3.8) is 0 Å². The van der Waals surface area contributed by atoms with Gasteiger partial charge in [0, 0.05) is 36.6 Å². The molecule has 0 aromatic carbocycles. The van der Waals surface area contributed by atoms with Gasteiger partial charge in [0.05, 0.1) is 10.7 Å². The van der Waals surface area contributed by atoms with Crippen LogP contribution in [0.15, 0.2) is 5.38 Å². The van der Waals surface area contributed by atoms with E-state index in [0.29, 0.717) is 6.04 Å². The molecule has 1 aromatic rings. The van der Waals surface area contributed by atoms with Crippen molar-refractivity contribution in [1.82, 2.24) is 15.2 Å². The van der Waals surface area contributed by atoms with Crippen molar-refractivity contribution in [3.8, 4) is 0 Å². The first kappa shape index (κ1) is 14.9. The smallest absolute Gasteiger partial charge is 0.0897 e. The summed E-state index contributed by atoms with van der Waals surface area (Å²) in [4.78, 5) is 7.25. The maximum atomic E-state index is 4.63. The van der Waals surface area contributed by atoms with Crippen LogP contribution in [-0.2, 0) is 6.54 Å². The van der Waals surface area contributed by atoms with E-state index < -0.39 is 0 Å². The molecular formula is C15H27N3S. The first-order chi connectivity index (χ1) is 8.91. The number of piperazine rings is 1. The van der Waals surface area contributed by atoms with Gasteiger partial charge >= 0.3 is 0 Å². The van der Waals surface area contributed by atoms with Crippen molar-refractivity contribution < 1.29 is 0 Å². The maximum absolute atomic E-state index is 4.63. The van der Waals surface area contributed by atoms with Gasteiger partial charge in [0.1, 0.15) is 0 Å². The fourth-order valence-corrected chi connectivity index (χ4v) is 3.49. The molecule has 2 atom stereocenters. The van der Waals surface area contributed by atoms with Crippen LogP contribution in [0.5, 0.6) is 0 Å². The van der Waals surface area contributed by atoms with Crippen LogP contribution in [0.4, 0.5) is 0 Å². The fraction of sp³-hybridized carbons (Fsp3) is 0.800. The van der Waals surface area contributed by atoms with Crippen LogP contribution in [0.3, 0.4) is 0 Å². The lowest BCUT2D eigenvalue weighted by atomic mass is 9.90. The Morgan fingerprint density at radius 3 is 2.89 bits per heavy atom. The monoisotopic (exact) mass is 281 g/mol. The van der Waals surface area contributed by atoms with Crippen LogP contribution in [-0.4, -0.2) is 34.6 Å². The molecular weight excluding hydrogens is 254 g/mol. The molecule has 0 amide bonds. The number of hydrogen-bond acceptors (Lipinski definition) is 4. The number of aromatic nitrogens is 1. The second kappa shape index (κ2) is 5.90. The van der Waals surface area contributed by atoms with Gasteiger partial charge in [0.2, 0.25) is 0 Å². The van der Waals surface area contributed by atoms with Gasteiger partial charge in [-0.05, 0) is 26.7 Å². The molecule has 1 saturated heterocycles. The van der Waals surface area contributed by atoms with Gasteiger partial charge < -0.3 is 5.32 Å². The summed E-state index contributed by atoms with van der Waals surface area (Å²) in [5, 5.41) is 7.06. The molecule has 1 aliphatic rings. The van der Waals surface area contributed by atoms with Gasteiger partial charge in [-0.3, -0.25) is 4.90 Å². The minimum atomic E-state index is 0.203. The molecule has 0 radical (unpaired) electrons. The summed E-state index contributed by atoms with van der Waals surface area (Å²) < 4.78 is 0. The number of thiazole rings is 1. The average molecular weight is 281 g/mol. The molecule has 1 aliphatic heterocycles. The molecule has 1 N–H and O–H groups in total. The molecule has 19 heavy (non-hydrogen) atoms. The molecule has 2 rings (SSSR count). The molecule has 1 fully saturated rings. The highest BCUT2D eigenvalue weighted by Gasteiger charge is 2.34. The molecule has 108 valence electrons. The third kappa shape index (κ3) is 3.77. The van der Waals surface area contributed by atoms with E-state index in [1.807, 2.05) is 0 Å². The highest BCUT2D eigenvalue weighted by atomic mass is 32.1. The van der Waals surface area contributed by atoms with Gasteiger partial charge in [0.25, 0.3) is 0 Å². The van der Waals surface area contributed by atoms with Gasteiger partial charge in [-0.25, -0.2) is 4.98 Å². The largest absolute Gasteiger partial charge is 0.309 e. The summed E-state index contributed by atoms with van der Waals surface area (Å²) in [6.45, 7) is 14.5. The highest BCUT2D eigenvalue weighted by Crippen LogP contribution is 2.24. The van der Waals surface area contributed by atoms with Crippen molar-refractivity contribution in [2.45, 2.75) is 59.2 Å². The third-order valence-electron chi connectivity index (χ3n) is 4.19. The van der Waals surface area contributed by atoms with E-state index >= 15 is 0 Å². The second-order valence-corrected chi connectivity index (χ2v) is 7.54. The summed E-state index contributed by atoms with van der Waals surface area (Å²) in [6, 6.07) is 0.625. The van der Waals surface area contributed by atoms with E-state index in [1.54, 1.807) is 11.3 Å². The van der Waals surface area contributed by atoms with E-state index in [0.717, 1.165) is 25.6 Å². The quantitative estimate of drug-likeness (QED) is 0.919. The number of aryl methyl sites for hydroxylation is 1. The van der Waals surface area contributed by atoms with Gasteiger partial charge in [-0.2, -0.15) is 0 Å². The first-order valence-electron chi connectivity index (χ1n) is 7.31. The topological polar surface area (TPSA) is 28.2 Å². The summed E-state index contributed by atoms with van der Waals surface area (Å²) >= 11 is 1.75. The third-order valence-corrected chi connectivity index (χ3v) is 5.01. The molecule has 0 bridgehead atoms. The summed E-state index contributed by atoms with van der Waals surface area (Å²) in [6.07, 6.45) is 1.24. The van der Waals surface area contributed by atoms with E-state index in [9.17, 15) is 0 Å². The lowest BCUT2D eigenvalue weighted by molar-refractivity contribution is 0.0562. The Bertz CT molecular complexity index is 413. The number of rotatable bonds is 4. The zero-order valence-electron chi connectivity index (χ0n) is 12.9. The number of nitrogens with zero attached hydrogens (tertiary/aromatic N) is 2. The standard InChI is InChI=1S/C15H27N3S/c1-6-11(2)14-7-16-15(4,5)10-18(14)8-13-9-19-12(3)17-13/h9,11,14,16H,6-8,10H2,1-5H3. The number of nitrogens with one attached hydrogen (secondary N) is 1. The molecule has 3 nitrogen and oxygen atoms in total. The normalized spacial score (nSPS) is 25.4. The predicted molar refractivity (Wildman–Crippen MR) is 82.6 cm³/mol. The predicted octanol–water partition coefficient (Wildman–Crippen LogP) is 3.05. The van der Waals surface area contributed by atoms with E-state index in [4.69, 9.17) is 0 Å². The minimum absolute atomic E-state index is 0.203. The van der Waals surface area contributed by atoms with E-state index in [-0.39, 0.29) is 5.54 Å². The average Bonchev–Trinajstić information content (AvgIpc) is 2.73. The number of hydrogen-bond donors (Lipinski definition) is 1. The van der Waals surface area contributed by atoms with Crippen LogP contribution in [0, 0.1) is 12.8 Å². The van der Waals surface area contributed by atoms with Gasteiger partial charge in [-0.15, -0.1) is 11.3 Å². The molecule has 0 saturated carbocycles. The van der Waals surface area contributed by atoms with Crippen molar-refractivity contribution in [1.29, 1.82) is 0 Å². The minimum Gasteiger partial charge on any atom is -0.309 e. The molecule has 0 spiro atoms. The summed E-state index contributed by atoms with van der Waals surface area (Å²) in [7, 11) is 0. The Labute approximate surface area is 121 Å². The van der Waals surface area contributed by atoms with Crippen molar-refractivity contribution >= 4 is 11.3 Å². The lowest BCUT2D eigenvalue weighted by Crippen LogP contribution is -2.62. The van der Waals surface area contributed by atoms with Gasteiger partial charge in [-0.1, -0.05) is 20.3 Å². The summed E-state index contributed by atoms with van der Waals surface area (Å²) in [5.41, 5.74) is 1.43. The van der Waals surface area contributed by atoms with Gasteiger partial charge in [0.15, 0.2) is 0 Å². The van der Waals surface area contributed by atoms with Crippen LogP contribution in [0.1, 0.15) is 44.8 Å². The Kier molecular flexibility index (Phi) is 4.64. The molecule has 4 heteroatoms. The molecule has 0 aliphatic carbocycles. The Morgan fingerprint density at radius 1 is 1.58 bits per heavy atom. The van der Waals surface area contributed by atoms with Crippen molar-refractivity contribution in [2.24, 2.45) is 5.92 Å². The Balaban J connectivity index is 2.11. The lowest BCUT2D eigenvalue weighted by Gasteiger charge is -2.46. The molecule has 1 aromatic heterocycles. The van der Waals surface area contributed by atoms with Crippen LogP contribution in [0.25, 0.3) is 0 Å². The Hall–Kier alpha value is -0.450. The molecule has 2 heterocycles.